The lowest BCUT2D eigenvalue weighted by atomic mass is 10.2. The lowest BCUT2D eigenvalue weighted by Crippen LogP contribution is -2.50. The molecular formula is C16H19F2N5O3S. The number of amides is 1. The molecule has 0 spiro atoms. The molecule has 1 amide bonds. The number of hydrogen-bond acceptors (Lipinski definition) is 8. The Bertz CT molecular complexity index is 849. The summed E-state index contributed by atoms with van der Waals surface area (Å²) in [6.45, 7) is 6.77. The molecule has 2 unspecified atom stereocenters. The van der Waals surface area contributed by atoms with Crippen LogP contribution < -0.4 is 4.90 Å². The normalized spacial score (nSPS) is 22.1. The summed E-state index contributed by atoms with van der Waals surface area (Å²) >= 11 is 1.31. The van der Waals surface area contributed by atoms with E-state index in [4.69, 9.17) is 9.15 Å². The van der Waals surface area contributed by atoms with Crippen LogP contribution in [0.4, 0.5) is 18.7 Å². The van der Waals surface area contributed by atoms with Crippen molar-refractivity contribution in [3.05, 3.63) is 12.1 Å². The van der Waals surface area contributed by atoms with Crippen LogP contribution in [-0.4, -0.2) is 56.9 Å². The number of hydrogen-bond donors (Lipinski definition) is 0. The summed E-state index contributed by atoms with van der Waals surface area (Å²) in [5.41, 5.74) is -0.524. The topological polar surface area (TPSA) is 84.6 Å². The van der Waals surface area contributed by atoms with E-state index in [0.29, 0.717) is 18.0 Å². The third kappa shape index (κ3) is 3.47. The third-order valence-electron chi connectivity index (χ3n) is 4.45. The average Bonchev–Trinajstić information content (AvgIpc) is 3.33. The van der Waals surface area contributed by atoms with Gasteiger partial charge in [-0.3, -0.25) is 0 Å². The molecule has 0 radical (unpaired) electrons. The quantitative estimate of drug-likeness (QED) is 0.783. The van der Waals surface area contributed by atoms with E-state index < -0.39 is 17.9 Å². The summed E-state index contributed by atoms with van der Waals surface area (Å²) in [4.78, 5) is 21.1. The summed E-state index contributed by atoms with van der Waals surface area (Å²) in [5, 5.41) is 7.74. The maximum atomic E-state index is 12.6. The molecule has 2 aromatic heterocycles. The molecule has 2 aliphatic heterocycles. The van der Waals surface area contributed by atoms with Crippen LogP contribution in [0.2, 0.25) is 0 Å². The fourth-order valence-corrected chi connectivity index (χ4v) is 4.28. The monoisotopic (exact) mass is 399 g/mol. The van der Waals surface area contributed by atoms with Gasteiger partial charge < -0.3 is 19.0 Å². The van der Waals surface area contributed by atoms with E-state index in [1.165, 1.54) is 11.3 Å². The van der Waals surface area contributed by atoms with Crippen LogP contribution in [0.15, 0.2) is 10.6 Å². The largest absolute Gasteiger partial charge is 0.444 e. The number of anilines is 1. The molecule has 27 heavy (non-hydrogen) atoms. The number of likely N-dealkylation sites (tertiary alicyclic amines) is 1. The summed E-state index contributed by atoms with van der Waals surface area (Å²) < 4.78 is 35.6. The number of ether oxygens (including phenoxy) is 1. The van der Waals surface area contributed by atoms with E-state index in [9.17, 15) is 13.6 Å². The first-order valence-corrected chi connectivity index (χ1v) is 9.37. The van der Waals surface area contributed by atoms with Gasteiger partial charge in [-0.25, -0.2) is 9.78 Å². The van der Waals surface area contributed by atoms with E-state index in [0.717, 1.165) is 11.6 Å². The Morgan fingerprint density at radius 1 is 1.33 bits per heavy atom. The van der Waals surface area contributed by atoms with Crippen molar-refractivity contribution in [1.29, 1.82) is 0 Å². The Kier molecular flexibility index (Phi) is 4.28. The minimum atomic E-state index is -2.80. The van der Waals surface area contributed by atoms with Gasteiger partial charge >= 0.3 is 12.5 Å². The van der Waals surface area contributed by atoms with Gasteiger partial charge in [0.15, 0.2) is 5.13 Å². The maximum absolute atomic E-state index is 12.6. The van der Waals surface area contributed by atoms with Crippen molar-refractivity contribution in [1.82, 2.24) is 20.1 Å². The number of nitrogens with zero attached hydrogens (tertiary/aromatic N) is 5. The molecule has 0 N–H and O–H groups in total. The molecule has 0 aliphatic carbocycles. The SMILES string of the molecule is CC(C)(C)OC(=O)N1CC2CC1CN2c1ncc(-c2nnc(C(F)F)o2)s1. The molecule has 2 bridgehead atoms. The van der Waals surface area contributed by atoms with Crippen molar-refractivity contribution >= 4 is 22.6 Å². The predicted octanol–water partition coefficient (Wildman–Crippen LogP) is 3.33. The van der Waals surface area contributed by atoms with Gasteiger partial charge in [-0.15, -0.1) is 10.2 Å². The molecule has 0 saturated carbocycles. The second-order valence-corrected chi connectivity index (χ2v) is 8.59. The Hall–Kier alpha value is -2.30. The van der Waals surface area contributed by atoms with Crippen molar-refractivity contribution < 1.29 is 22.7 Å². The van der Waals surface area contributed by atoms with E-state index >= 15 is 0 Å². The first kappa shape index (κ1) is 18.1. The van der Waals surface area contributed by atoms with Crippen LogP contribution in [0.3, 0.4) is 0 Å². The number of carbonyl (C=O) groups is 1. The molecule has 4 rings (SSSR count). The molecule has 2 aromatic rings. The van der Waals surface area contributed by atoms with Gasteiger partial charge in [0.05, 0.1) is 18.3 Å². The van der Waals surface area contributed by atoms with Gasteiger partial charge in [-0.05, 0) is 27.2 Å². The Labute approximate surface area is 158 Å². The van der Waals surface area contributed by atoms with Crippen molar-refractivity contribution in [3.63, 3.8) is 0 Å². The summed E-state index contributed by atoms with van der Waals surface area (Å²) in [7, 11) is 0. The number of halogens is 2. The Balaban J connectivity index is 1.44. The molecule has 8 nitrogen and oxygen atoms in total. The standard InChI is InChI=1S/C16H19F2N5O3S/c1-16(2,3)26-15(24)23-7-8-4-9(23)6-22(8)14-19-5-10(27-14)12-20-21-13(25-12)11(17)18/h5,8-9,11H,4,6-7H2,1-3H3. The zero-order valence-corrected chi connectivity index (χ0v) is 15.9. The van der Waals surface area contributed by atoms with Gasteiger partial charge in [-0.2, -0.15) is 8.78 Å². The minimum Gasteiger partial charge on any atom is -0.444 e. The zero-order chi connectivity index (χ0) is 19.3. The van der Waals surface area contributed by atoms with Crippen molar-refractivity contribution in [2.75, 3.05) is 18.0 Å². The first-order chi connectivity index (χ1) is 12.7. The highest BCUT2D eigenvalue weighted by molar-refractivity contribution is 7.18. The van der Waals surface area contributed by atoms with E-state index in [1.807, 2.05) is 20.8 Å². The highest BCUT2D eigenvalue weighted by atomic mass is 32.1. The molecule has 11 heteroatoms. The lowest BCUT2D eigenvalue weighted by Gasteiger charge is -2.35. The molecule has 2 saturated heterocycles. The fraction of sp³-hybridized carbons (Fsp3) is 0.625. The molecule has 0 aromatic carbocycles. The van der Waals surface area contributed by atoms with Crippen LogP contribution in [0.1, 0.15) is 39.5 Å². The van der Waals surface area contributed by atoms with Crippen LogP contribution in [-0.2, 0) is 4.74 Å². The zero-order valence-electron chi connectivity index (χ0n) is 15.1. The highest BCUT2D eigenvalue weighted by Gasteiger charge is 2.47. The lowest BCUT2D eigenvalue weighted by molar-refractivity contribution is 0.0214. The molecule has 2 aliphatic rings. The number of alkyl halides is 2. The summed E-state index contributed by atoms with van der Waals surface area (Å²) in [6, 6.07) is 0.229. The number of rotatable bonds is 3. The number of thiazole rings is 1. The molecule has 4 heterocycles. The van der Waals surface area contributed by atoms with Crippen molar-refractivity contribution in [2.24, 2.45) is 0 Å². The fourth-order valence-electron chi connectivity index (χ4n) is 3.36. The summed E-state index contributed by atoms with van der Waals surface area (Å²) in [5.74, 6) is -0.665. The number of piperazine rings is 1. The van der Waals surface area contributed by atoms with E-state index in [2.05, 4.69) is 20.1 Å². The second kappa shape index (κ2) is 6.39. The summed E-state index contributed by atoms with van der Waals surface area (Å²) in [6.07, 6.45) is -0.698. The first-order valence-electron chi connectivity index (χ1n) is 8.55. The molecular weight excluding hydrogens is 380 g/mol. The number of aromatic nitrogens is 3. The van der Waals surface area contributed by atoms with E-state index in [-0.39, 0.29) is 24.1 Å². The second-order valence-electron chi connectivity index (χ2n) is 7.58. The third-order valence-corrected chi connectivity index (χ3v) is 5.47. The molecule has 2 fully saturated rings. The van der Waals surface area contributed by atoms with Gasteiger partial charge in [0.1, 0.15) is 10.5 Å². The van der Waals surface area contributed by atoms with Crippen LogP contribution in [0.5, 0.6) is 0 Å². The molecule has 146 valence electrons. The van der Waals surface area contributed by atoms with Gasteiger partial charge in [-0.1, -0.05) is 11.3 Å². The minimum absolute atomic E-state index is 0.0359. The van der Waals surface area contributed by atoms with Crippen LogP contribution in [0, 0.1) is 0 Å². The molecule has 2 atom stereocenters. The maximum Gasteiger partial charge on any atom is 0.410 e. The van der Waals surface area contributed by atoms with Gasteiger partial charge in [0.25, 0.3) is 11.8 Å². The highest BCUT2D eigenvalue weighted by Crippen LogP contribution is 2.39. The Morgan fingerprint density at radius 3 is 2.70 bits per heavy atom. The van der Waals surface area contributed by atoms with Crippen LogP contribution in [0.25, 0.3) is 10.8 Å². The predicted molar refractivity (Wildman–Crippen MR) is 92.8 cm³/mol. The average molecular weight is 399 g/mol. The number of carbonyl (C=O) groups excluding carboxylic acids is 1. The van der Waals surface area contributed by atoms with Crippen LogP contribution >= 0.6 is 11.3 Å². The Morgan fingerprint density at radius 2 is 2.11 bits per heavy atom. The van der Waals surface area contributed by atoms with Crippen molar-refractivity contribution in [3.8, 4) is 10.8 Å². The smallest absolute Gasteiger partial charge is 0.410 e. The van der Waals surface area contributed by atoms with E-state index in [1.54, 1.807) is 11.1 Å². The van der Waals surface area contributed by atoms with Gasteiger partial charge in [0, 0.05) is 13.1 Å². The number of fused-ring (bicyclic) bond motifs is 2. The van der Waals surface area contributed by atoms with Gasteiger partial charge in [0.2, 0.25) is 0 Å². The van der Waals surface area contributed by atoms with Crippen molar-refractivity contribution in [2.45, 2.75) is 51.3 Å².